The highest BCUT2D eigenvalue weighted by atomic mass is 19.4. The fourth-order valence-corrected chi connectivity index (χ4v) is 3.93. The van der Waals surface area contributed by atoms with Gasteiger partial charge in [0.1, 0.15) is 17.4 Å². The van der Waals surface area contributed by atoms with E-state index in [-0.39, 0.29) is 12.0 Å². The van der Waals surface area contributed by atoms with Crippen LogP contribution in [0.5, 0.6) is 5.75 Å². The van der Waals surface area contributed by atoms with Gasteiger partial charge in [0.25, 0.3) is 0 Å². The summed E-state index contributed by atoms with van der Waals surface area (Å²) in [4.78, 5) is 59.6. The van der Waals surface area contributed by atoms with E-state index in [1.54, 1.807) is 36.5 Å². The second-order valence-electron chi connectivity index (χ2n) is 9.40. The summed E-state index contributed by atoms with van der Waals surface area (Å²) in [6.45, 7) is 1.69. The zero-order valence-electron chi connectivity index (χ0n) is 23.2. The Balaban J connectivity index is 1.67. The first kappa shape index (κ1) is 33.3. The van der Waals surface area contributed by atoms with Crippen molar-refractivity contribution in [3.63, 3.8) is 0 Å². The zero-order chi connectivity index (χ0) is 32.3. The lowest BCUT2D eigenvalue weighted by atomic mass is 9.95. The molecule has 0 spiro atoms. The number of halogens is 4. The molecule has 11 nitrogen and oxygen atoms in total. The Morgan fingerprint density at radius 2 is 1.73 bits per heavy atom. The Labute approximate surface area is 248 Å². The number of nitrogens with one attached hydrogen (secondary N) is 3. The molecule has 15 heteroatoms. The summed E-state index contributed by atoms with van der Waals surface area (Å²) in [5.74, 6) is -6.98. The van der Waals surface area contributed by atoms with Crippen LogP contribution in [0, 0.1) is 12.7 Å². The van der Waals surface area contributed by atoms with Gasteiger partial charge in [-0.25, -0.2) is 28.7 Å². The third kappa shape index (κ3) is 9.96. The standard InChI is InChI=1S/C29H28F4N4O7/c1-17-11-13-35-22(14-17)34-12-5-8-23(38)36-16-24(39)37-21(15-25(40)43-44-28(42)29(31,32)33)26-20(30)10-9-19(27(26)41)18-6-3-2-4-7-18/h2-4,6-7,9-11,13-14,21,41H,5,8,12,15-16H2,1H3,(H,34,35)(H,36,38)(H,37,39). The number of alkyl halides is 3. The van der Waals surface area contributed by atoms with Gasteiger partial charge in [0, 0.05) is 24.7 Å². The lowest BCUT2D eigenvalue weighted by Crippen LogP contribution is -2.39. The highest BCUT2D eigenvalue weighted by molar-refractivity contribution is 5.86. The van der Waals surface area contributed by atoms with Gasteiger partial charge >= 0.3 is 18.1 Å². The maximum Gasteiger partial charge on any atom is 0.495 e. The molecule has 0 aliphatic heterocycles. The molecule has 0 bridgehead atoms. The molecule has 3 rings (SSSR count). The lowest BCUT2D eigenvalue weighted by Gasteiger charge is -2.21. The Morgan fingerprint density at radius 3 is 2.41 bits per heavy atom. The van der Waals surface area contributed by atoms with Crippen LogP contribution in [0.25, 0.3) is 11.1 Å². The number of amides is 2. The third-order valence-electron chi connectivity index (χ3n) is 5.99. The molecule has 234 valence electrons. The molecule has 1 atom stereocenters. The summed E-state index contributed by atoms with van der Waals surface area (Å²) in [7, 11) is 0. The highest BCUT2D eigenvalue weighted by Crippen LogP contribution is 2.38. The number of aromatic nitrogens is 1. The normalized spacial score (nSPS) is 11.7. The largest absolute Gasteiger partial charge is 0.507 e. The second kappa shape index (κ2) is 15.3. The van der Waals surface area contributed by atoms with Crippen molar-refractivity contribution in [1.82, 2.24) is 15.6 Å². The predicted molar refractivity (Wildman–Crippen MR) is 147 cm³/mol. The summed E-state index contributed by atoms with van der Waals surface area (Å²) >= 11 is 0. The highest BCUT2D eigenvalue weighted by Gasteiger charge is 2.43. The van der Waals surface area contributed by atoms with Crippen LogP contribution in [0.15, 0.2) is 60.8 Å². The number of carbonyl (C=O) groups excluding carboxylic acids is 4. The van der Waals surface area contributed by atoms with Crippen molar-refractivity contribution in [2.75, 3.05) is 18.4 Å². The summed E-state index contributed by atoms with van der Waals surface area (Å²) < 4.78 is 52.2. The van der Waals surface area contributed by atoms with Crippen LogP contribution in [-0.2, 0) is 29.0 Å². The first-order valence-electron chi connectivity index (χ1n) is 13.1. The van der Waals surface area contributed by atoms with Gasteiger partial charge in [-0.3, -0.25) is 9.59 Å². The van der Waals surface area contributed by atoms with E-state index in [0.717, 1.165) is 11.6 Å². The van der Waals surface area contributed by atoms with Crippen LogP contribution in [0.3, 0.4) is 0 Å². The minimum absolute atomic E-state index is 0.0287. The number of rotatable bonds is 12. The average molecular weight is 621 g/mol. The Bertz CT molecular complexity index is 1490. The molecule has 44 heavy (non-hydrogen) atoms. The average Bonchev–Trinajstić information content (AvgIpc) is 2.97. The van der Waals surface area contributed by atoms with Crippen LogP contribution in [0.2, 0.25) is 0 Å². The molecular formula is C29H28F4N4O7. The van der Waals surface area contributed by atoms with E-state index in [9.17, 15) is 37.5 Å². The molecule has 2 amide bonds. The lowest BCUT2D eigenvalue weighted by molar-refractivity contribution is -0.286. The summed E-state index contributed by atoms with van der Waals surface area (Å²) in [6.07, 6.45) is -4.48. The van der Waals surface area contributed by atoms with E-state index in [1.165, 1.54) is 6.07 Å². The van der Waals surface area contributed by atoms with Gasteiger partial charge < -0.3 is 21.1 Å². The van der Waals surface area contributed by atoms with Gasteiger partial charge in [0.05, 0.1) is 24.6 Å². The van der Waals surface area contributed by atoms with Crippen molar-refractivity contribution < 1.29 is 51.6 Å². The SMILES string of the molecule is Cc1ccnc(NCCCC(=O)NCC(=O)NC(CC(=O)OOC(=O)C(F)(F)F)c2c(F)ccc(-c3ccccc3)c2O)c1. The smallest absolute Gasteiger partial charge is 0.495 e. The number of hydrogen-bond acceptors (Lipinski definition) is 9. The number of aromatic hydroxyl groups is 1. The van der Waals surface area contributed by atoms with Gasteiger partial charge in [-0.1, -0.05) is 30.3 Å². The quantitative estimate of drug-likeness (QED) is 0.102. The van der Waals surface area contributed by atoms with Crippen LogP contribution >= 0.6 is 0 Å². The summed E-state index contributed by atoms with van der Waals surface area (Å²) in [6, 6.07) is 12.3. The molecule has 2 aromatic carbocycles. The molecule has 0 saturated heterocycles. The van der Waals surface area contributed by atoms with E-state index in [0.29, 0.717) is 24.3 Å². The number of phenolic OH excluding ortho intramolecular Hbond substituents is 1. The van der Waals surface area contributed by atoms with Crippen LogP contribution in [-0.4, -0.2) is 53.1 Å². The van der Waals surface area contributed by atoms with E-state index >= 15 is 4.39 Å². The third-order valence-corrected chi connectivity index (χ3v) is 5.99. The van der Waals surface area contributed by atoms with E-state index < -0.39 is 66.1 Å². The predicted octanol–water partition coefficient (Wildman–Crippen LogP) is 4.02. The number of phenols is 1. The van der Waals surface area contributed by atoms with Gasteiger partial charge in [-0.15, -0.1) is 0 Å². The van der Waals surface area contributed by atoms with Crippen molar-refractivity contribution in [3.8, 4) is 16.9 Å². The second-order valence-corrected chi connectivity index (χ2v) is 9.40. The summed E-state index contributed by atoms with van der Waals surface area (Å²) in [5.41, 5.74) is 0.958. The van der Waals surface area contributed by atoms with Crippen molar-refractivity contribution in [1.29, 1.82) is 0 Å². The van der Waals surface area contributed by atoms with Crippen LogP contribution in [0.1, 0.15) is 36.4 Å². The fourth-order valence-electron chi connectivity index (χ4n) is 3.93. The maximum absolute atomic E-state index is 15.0. The molecule has 0 saturated carbocycles. The molecule has 0 radical (unpaired) electrons. The Morgan fingerprint density at radius 1 is 1.00 bits per heavy atom. The van der Waals surface area contributed by atoms with Gasteiger partial charge in [-0.05, 0) is 48.7 Å². The van der Waals surface area contributed by atoms with E-state index in [2.05, 4.69) is 30.7 Å². The van der Waals surface area contributed by atoms with Gasteiger partial charge in [-0.2, -0.15) is 13.2 Å². The minimum Gasteiger partial charge on any atom is -0.507 e. The molecule has 1 unspecified atom stereocenters. The molecule has 0 aliphatic rings. The van der Waals surface area contributed by atoms with Crippen LogP contribution < -0.4 is 16.0 Å². The molecule has 1 heterocycles. The first-order valence-corrected chi connectivity index (χ1v) is 13.1. The number of hydrogen-bond donors (Lipinski definition) is 4. The molecule has 3 aromatic rings. The first-order chi connectivity index (χ1) is 20.8. The Kier molecular flexibility index (Phi) is 11.6. The number of carbonyl (C=O) groups is 4. The van der Waals surface area contributed by atoms with Gasteiger partial charge in [0.15, 0.2) is 0 Å². The molecule has 0 aliphatic carbocycles. The minimum atomic E-state index is -5.46. The number of pyridine rings is 1. The number of anilines is 1. The zero-order valence-corrected chi connectivity index (χ0v) is 23.2. The molecule has 1 aromatic heterocycles. The molecule has 4 N–H and O–H groups in total. The van der Waals surface area contributed by atoms with Crippen molar-refractivity contribution in [2.45, 2.75) is 38.4 Å². The molecule has 0 fully saturated rings. The maximum atomic E-state index is 15.0. The van der Waals surface area contributed by atoms with Crippen molar-refractivity contribution >= 4 is 29.6 Å². The topological polar surface area (TPSA) is 156 Å². The number of benzene rings is 2. The Hall–Kier alpha value is -5.21. The molecular weight excluding hydrogens is 592 g/mol. The summed E-state index contributed by atoms with van der Waals surface area (Å²) in [5, 5.41) is 18.6. The van der Waals surface area contributed by atoms with Crippen molar-refractivity contribution in [2.24, 2.45) is 0 Å². The number of aryl methyl sites for hydroxylation is 1. The van der Waals surface area contributed by atoms with Crippen LogP contribution in [0.4, 0.5) is 23.4 Å². The van der Waals surface area contributed by atoms with E-state index in [4.69, 9.17) is 0 Å². The van der Waals surface area contributed by atoms with Gasteiger partial charge in [0.2, 0.25) is 11.8 Å². The number of nitrogens with zero attached hydrogens (tertiary/aromatic N) is 1. The van der Waals surface area contributed by atoms with Crippen molar-refractivity contribution in [3.05, 3.63) is 77.7 Å². The monoisotopic (exact) mass is 620 g/mol. The van der Waals surface area contributed by atoms with E-state index in [1.807, 2.05) is 19.1 Å². The fraction of sp³-hybridized carbons (Fsp3) is 0.276.